The molecular formula is C24H25ClN4OS. The van der Waals surface area contributed by atoms with E-state index in [1.165, 1.54) is 32.1 Å². The van der Waals surface area contributed by atoms with Crippen LogP contribution in [0.4, 0.5) is 5.69 Å². The first kappa shape index (κ1) is 20.3. The summed E-state index contributed by atoms with van der Waals surface area (Å²) in [6.07, 6.45) is 10.2. The normalized spacial score (nSPS) is 22.0. The van der Waals surface area contributed by atoms with Crippen LogP contribution in [0.3, 0.4) is 0 Å². The fraction of sp³-hybridized carbons (Fsp3) is 0.333. The van der Waals surface area contributed by atoms with Gasteiger partial charge in [0.05, 0.1) is 17.4 Å². The molecule has 2 fully saturated rings. The predicted molar refractivity (Wildman–Crippen MR) is 128 cm³/mol. The predicted octanol–water partition coefficient (Wildman–Crippen LogP) is 5.92. The zero-order chi connectivity index (χ0) is 21.4. The Kier molecular flexibility index (Phi) is 5.59. The van der Waals surface area contributed by atoms with Gasteiger partial charge in [-0.3, -0.25) is 4.98 Å². The standard InChI is InChI=1S/C24H25ClN4OS/c25-16-11-12-21(30)20(15-16)29-23(22(27-24(29)31)18-9-4-5-13-26-18)19-10-6-14-28(19)17-7-2-1-3-8-17/h4-6,9-15,17,22-23,30H,1-3,7-8H2,(H,27,31)/t22-,23+/m1/s1. The Morgan fingerprint density at radius 3 is 2.68 bits per heavy atom. The van der Waals surface area contributed by atoms with Crippen molar-refractivity contribution in [1.82, 2.24) is 14.9 Å². The molecule has 2 N–H and O–H groups in total. The summed E-state index contributed by atoms with van der Waals surface area (Å²) < 4.78 is 2.41. The number of phenolic OH excluding ortho intramolecular Hbond substituents is 1. The van der Waals surface area contributed by atoms with Crippen LogP contribution in [0.5, 0.6) is 5.75 Å². The van der Waals surface area contributed by atoms with Crippen LogP contribution in [-0.4, -0.2) is 19.8 Å². The summed E-state index contributed by atoms with van der Waals surface area (Å²) in [5.41, 5.74) is 2.68. The highest BCUT2D eigenvalue weighted by atomic mass is 35.5. The number of hydrogen-bond donors (Lipinski definition) is 2. The van der Waals surface area contributed by atoms with Crippen LogP contribution in [0, 0.1) is 0 Å². The number of nitrogens with zero attached hydrogens (tertiary/aromatic N) is 3. The summed E-state index contributed by atoms with van der Waals surface area (Å²) in [7, 11) is 0. The highest BCUT2D eigenvalue weighted by molar-refractivity contribution is 7.80. The van der Waals surface area contributed by atoms with E-state index < -0.39 is 0 Å². The van der Waals surface area contributed by atoms with Crippen LogP contribution in [0.25, 0.3) is 0 Å². The lowest BCUT2D eigenvalue weighted by atomic mass is 9.94. The summed E-state index contributed by atoms with van der Waals surface area (Å²) in [5, 5.41) is 15.3. The molecule has 0 amide bonds. The molecular weight excluding hydrogens is 428 g/mol. The third-order valence-corrected chi connectivity index (χ3v) is 6.93. The fourth-order valence-electron chi connectivity index (χ4n) is 4.95. The summed E-state index contributed by atoms with van der Waals surface area (Å²) in [4.78, 5) is 6.61. The van der Waals surface area contributed by atoms with Crippen LogP contribution in [0.1, 0.15) is 61.6 Å². The average Bonchev–Trinajstić information content (AvgIpc) is 3.41. The zero-order valence-electron chi connectivity index (χ0n) is 17.1. The Balaban J connectivity index is 1.64. The number of thiocarbonyl (C=S) groups is 1. The van der Waals surface area contributed by atoms with Gasteiger partial charge in [-0.15, -0.1) is 0 Å². The second-order valence-corrected chi connectivity index (χ2v) is 9.08. The molecule has 2 aromatic heterocycles. The van der Waals surface area contributed by atoms with Crippen molar-refractivity contribution in [3.63, 3.8) is 0 Å². The van der Waals surface area contributed by atoms with E-state index in [-0.39, 0.29) is 17.8 Å². The molecule has 7 heteroatoms. The lowest BCUT2D eigenvalue weighted by molar-refractivity contribution is 0.339. The van der Waals surface area contributed by atoms with Crippen molar-refractivity contribution in [3.8, 4) is 5.75 Å². The van der Waals surface area contributed by atoms with Gasteiger partial charge in [-0.25, -0.2) is 0 Å². The topological polar surface area (TPSA) is 53.3 Å². The molecule has 5 rings (SSSR count). The molecule has 0 bridgehead atoms. The molecule has 1 aromatic carbocycles. The quantitative estimate of drug-likeness (QED) is 0.481. The van der Waals surface area contributed by atoms with E-state index in [4.69, 9.17) is 23.8 Å². The first-order valence-corrected chi connectivity index (χ1v) is 11.6. The van der Waals surface area contributed by atoms with Crippen LogP contribution in [-0.2, 0) is 0 Å². The molecule has 0 spiro atoms. The largest absolute Gasteiger partial charge is 0.506 e. The van der Waals surface area contributed by atoms with E-state index in [2.05, 4.69) is 33.2 Å². The van der Waals surface area contributed by atoms with E-state index in [1.54, 1.807) is 24.4 Å². The molecule has 1 saturated carbocycles. The SMILES string of the molecule is Oc1ccc(Cl)cc1N1C(=S)N[C@H](c2ccccn2)[C@@H]1c1cccn1C1CCCCC1. The zero-order valence-corrected chi connectivity index (χ0v) is 18.7. The molecule has 2 atom stereocenters. The number of halogens is 1. The Morgan fingerprint density at radius 1 is 1.06 bits per heavy atom. The van der Waals surface area contributed by atoms with Gasteiger partial charge in [0.2, 0.25) is 0 Å². The second-order valence-electron chi connectivity index (χ2n) is 8.26. The van der Waals surface area contributed by atoms with Crippen molar-refractivity contribution < 1.29 is 5.11 Å². The van der Waals surface area contributed by atoms with Crippen molar-refractivity contribution in [2.24, 2.45) is 0 Å². The van der Waals surface area contributed by atoms with E-state index in [0.717, 1.165) is 11.4 Å². The van der Waals surface area contributed by atoms with Gasteiger partial charge in [0.15, 0.2) is 5.11 Å². The molecule has 1 saturated heterocycles. The van der Waals surface area contributed by atoms with E-state index in [1.807, 2.05) is 23.1 Å². The number of hydrogen-bond acceptors (Lipinski definition) is 3. The minimum Gasteiger partial charge on any atom is -0.506 e. The molecule has 1 aliphatic heterocycles. The highest BCUT2D eigenvalue weighted by Gasteiger charge is 2.43. The van der Waals surface area contributed by atoms with E-state index in [9.17, 15) is 5.11 Å². The maximum Gasteiger partial charge on any atom is 0.174 e. The lowest BCUT2D eigenvalue weighted by Gasteiger charge is -2.32. The maximum atomic E-state index is 10.7. The second kappa shape index (κ2) is 8.52. The minimum atomic E-state index is -0.163. The number of nitrogens with one attached hydrogen (secondary N) is 1. The fourth-order valence-corrected chi connectivity index (χ4v) is 5.46. The highest BCUT2D eigenvalue weighted by Crippen LogP contribution is 2.46. The molecule has 5 nitrogen and oxygen atoms in total. The van der Waals surface area contributed by atoms with Gasteiger partial charge >= 0.3 is 0 Å². The van der Waals surface area contributed by atoms with Crippen molar-refractivity contribution in [1.29, 1.82) is 0 Å². The van der Waals surface area contributed by atoms with Crippen molar-refractivity contribution in [2.75, 3.05) is 4.90 Å². The maximum absolute atomic E-state index is 10.7. The van der Waals surface area contributed by atoms with Crippen molar-refractivity contribution in [2.45, 2.75) is 50.2 Å². The van der Waals surface area contributed by atoms with Gasteiger partial charge < -0.3 is 19.9 Å². The number of anilines is 1. The summed E-state index contributed by atoms with van der Waals surface area (Å²) in [6.45, 7) is 0. The Morgan fingerprint density at radius 2 is 1.90 bits per heavy atom. The molecule has 3 heterocycles. The summed E-state index contributed by atoms with van der Waals surface area (Å²) >= 11 is 12.1. The molecule has 0 radical (unpaired) electrons. The van der Waals surface area contributed by atoms with Gasteiger partial charge in [-0.2, -0.15) is 0 Å². The van der Waals surface area contributed by atoms with Crippen LogP contribution in [0.2, 0.25) is 5.02 Å². The van der Waals surface area contributed by atoms with E-state index >= 15 is 0 Å². The van der Waals surface area contributed by atoms with Gasteiger partial charge in [-0.1, -0.05) is 36.9 Å². The molecule has 2 aliphatic rings. The lowest BCUT2D eigenvalue weighted by Crippen LogP contribution is -2.31. The number of pyridine rings is 1. The number of rotatable bonds is 4. The number of aromatic nitrogens is 2. The monoisotopic (exact) mass is 452 g/mol. The Hall–Kier alpha value is -2.57. The van der Waals surface area contributed by atoms with Gasteiger partial charge in [0.25, 0.3) is 0 Å². The molecule has 31 heavy (non-hydrogen) atoms. The molecule has 3 aromatic rings. The first-order valence-electron chi connectivity index (χ1n) is 10.8. The Labute approximate surface area is 192 Å². The first-order chi connectivity index (χ1) is 15.1. The van der Waals surface area contributed by atoms with Crippen molar-refractivity contribution >= 4 is 34.6 Å². The molecule has 1 aliphatic carbocycles. The van der Waals surface area contributed by atoms with Gasteiger partial charge in [-0.05, 0) is 67.5 Å². The smallest absolute Gasteiger partial charge is 0.174 e. The van der Waals surface area contributed by atoms with Crippen LogP contribution >= 0.6 is 23.8 Å². The number of benzene rings is 1. The summed E-state index contributed by atoms with van der Waals surface area (Å²) in [5.74, 6) is 0.149. The minimum absolute atomic E-state index is 0.149. The van der Waals surface area contributed by atoms with Crippen molar-refractivity contribution in [3.05, 3.63) is 77.3 Å². The van der Waals surface area contributed by atoms with Gasteiger partial charge in [0, 0.05) is 29.2 Å². The number of phenols is 1. The van der Waals surface area contributed by atoms with E-state index in [0.29, 0.717) is 21.9 Å². The summed E-state index contributed by atoms with van der Waals surface area (Å²) in [6, 6.07) is 15.4. The third-order valence-electron chi connectivity index (χ3n) is 6.38. The Bertz CT molecular complexity index is 1080. The third kappa shape index (κ3) is 3.79. The average molecular weight is 453 g/mol. The number of aromatic hydroxyl groups is 1. The molecule has 0 unspecified atom stereocenters. The van der Waals surface area contributed by atoms with Crippen LogP contribution < -0.4 is 10.2 Å². The van der Waals surface area contributed by atoms with Crippen LogP contribution in [0.15, 0.2) is 60.9 Å². The van der Waals surface area contributed by atoms with Gasteiger partial charge in [0.1, 0.15) is 11.8 Å². The molecule has 160 valence electrons.